The summed E-state index contributed by atoms with van der Waals surface area (Å²) in [6.07, 6.45) is 6.29. The molecule has 0 unspecified atom stereocenters. The maximum absolute atomic E-state index is 6.24. The van der Waals surface area contributed by atoms with E-state index in [0.29, 0.717) is 0 Å². The number of rotatable bonds is 5. The summed E-state index contributed by atoms with van der Waals surface area (Å²) in [6.45, 7) is 6.69. The maximum atomic E-state index is 6.24. The summed E-state index contributed by atoms with van der Waals surface area (Å²) in [4.78, 5) is 0. The minimum Gasteiger partial charge on any atom is -0.325 e. The maximum Gasteiger partial charge on any atom is 0.0166 e. The summed E-state index contributed by atoms with van der Waals surface area (Å²) >= 11 is 0. The Bertz CT molecular complexity index is 137. The Balaban J connectivity index is 2.04. The van der Waals surface area contributed by atoms with E-state index in [4.69, 9.17) is 5.73 Å². The van der Waals surface area contributed by atoms with Crippen LogP contribution in [0.5, 0.6) is 0 Å². The smallest absolute Gasteiger partial charge is 0.0166 e. The van der Waals surface area contributed by atoms with E-state index in [9.17, 15) is 0 Å². The van der Waals surface area contributed by atoms with E-state index >= 15 is 0 Å². The van der Waals surface area contributed by atoms with Gasteiger partial charge in [0.15, 0.2) is 0 Å². The number of nitrogens with one attached hydrogen (secondary N) is 1. The molecule has 0 aromatic rings. The summed E-state index contributed by atoms with van der Waals surface area (Å²) < 4.78 is 0. The molecule has 0 aromatic heterocycles. The highest BCUT2D eigenvalue weighted by atomic mass is 14.9. The van der Waals surface area contributed by atoms with Crippen LogP contribution in [0, 0.1) is 5.92 Å². The van der Waals surface area contributed by atoms with Crippen LogP contribution in [0.4, 0.5) is 0 Å². The van der Waals surface area contributed by atoms with Crippen molar-refractivity contribution < 1.29 is 0 Å². The van der Waals surface area contributed by atoms with Gasteiger partial charge in [0.25, 0.3) is 0 Å². The lowest BCUT2D eigenvalue weighted by Gasteiger charge is -2.23. The van der Waals surface area contributed by atoms with Crippen LogP contribution < -0.4 is 11.1 Å². The van der Waals surface area contributed by atoms with Gasteiger partial charge in [-0.1, -0.05) is 26.7 Å². The minimum absolute atomic E-state index is 0.171. The number of nitrogens with two attached hydrogens (primary N) is 1. The van der Waals surface area contributed by atoms with E-state index in [1.807, 2.05) is 0 Å². The van der Waals surface area contributed by atoms with Gasteiger partial charge < -0.3 is 11.1 Å². The molecule has 2 heteroatoms. The Labute approximate surface area is 82.3 Å². The first-order chi connectivity index (χ1) is 6.12. The highest BCUT2D eigenvalue weighted by Gasteiger charge is 2.28. The lowest BCUT2D eigenvalue weighted by Crippen LogP contribution is -2.39. The van der Waals surface area contributed by atoms with Crippen molar-refractivity contribution in [2.75, 3.05) is 13.1 Å². The highest BCUT2D eigenvalue weighted by molar-refractivity contribution is 4.89. The molecule has 2 nitrogen and oxygen atoms in total. The second-order valence-corrected chi connectivity index (χ2v) is 4.92. The Hall–Kier alpha value is -0.0800. The predicted molar refractivity (Wildman–Crippen MR) is 57.7 cm³/mol. The molecular formula is C11H24N2. The zero-order valence-corrected chi connectivity index (χ0v) is 9.10. The second kappa shape index (κ2) is 4.97. The molecule has 0 aromatic carbocycles. The largest absolute Gasteiger partial charge is 0.325 e. The lowest BCUT2D eigenvalue weighted by atomic mass is 9.95. The van der Waals surface area contributed by atoms with Crippen LogP contribution in [0.2, 0.25) is 0 Å². The van der Waals surface area contributed by atoms with Crippen LogP contribution in [0.3, 0.4) is 0 Å². The minimum atomic E-state index is 0.171. The summed E-state index contributed by atoms with van der Waals surface area (Å²) in [6, 6.07) is 0. The first kappa shape index (κ1) is 11.0. The fraction of sp³-hybridized carbons (Fsp3) is 1.00. The molecule has 3 N–H and O–H groups in total. The summed E-state index contributed by atoms with van der Waals surface area (Å²) in [5.74, 6) is 0.748. The molecule has 0 heterocycles. The second-order valence-electron chi connectivity index (χ2n) is 4.92. The molecule has 1 aliphatic carbocycles. The normalized spacial score (nSPS) is 21.2. The molecule has 0 spiro atoms. The number of hydrogen-bond acceptors (Lipinski definition) is 2. The zero-order chi connectivity index (χ0) is 9.73. The van der Waals surface area contributed by atoms with Crippen molar-refractivity contribution in [2.24, 2.45) is 11.7 Å². The Morgan fingerprint density at radius 2 is 1.92 bits per heavy atom. The molecule has 0 bridgehead atoms. The molecule has 0 radical (unpaired) electrons. The fourth-order valence-corrected chi connectivity index (χ4v) is 2.06. The van der Waals surface area contributed by atoms with Gasteiger partial charge >= 0.3 is 0 Å². The molecule has 1 saturated carbocycles. The van der Waals surface area contributed by atoms with Crippen LogP contribution >= 0.6 is 0 Å². The van der Waals surface area contributed by atoms with Gasteiger partial charge in [0, 0.05) is 5.54 Å². The van der Waals surface area contributed by atoms with Crippen molar-refractivity contribution in [1.82, 2.24) is 5.32 Å². The van der Waals surface area contributed by atoms with Crippen LogP contribution in [0.1, 0.15) is 46.0 Å². The molecule has 1 rings (SSSR count). The average molecular weight is 184 g/mol. The van der Waals surface area contributed by atoms with E-state index in [1.165, 1.54) is 25.7 Å². The van der Waals surface area contributed by atoms with E-state index in [2.05, 4.69) is 19.2 Å². The first-order valence-electron chi connectivity index (χ1n) is 5.62. The molecule has 0 aliphatic heterocycles. The van der Waals surface area contributed by atoms with Crippen molar-refractivity contribution in [2.45, 2.75) is 51.5 Å². The van der Waals surface area contributed by atoms with Crippen LogP contribution in [-0.2, 0) is 0 Å². The zero-order valence-electron chi connectivity index (χ0n) is 9.10. The van der Waals surface area contributed by atoms with Gasteiger partial charge in [0.1, 0.15) is 0 Å². The third kappa shape index (κ3) is 4.10. The summed E-state index contributed by atoms with van der Waals surface area (Å²) in [5, 5.41) is 3.46. The molecule has 0 saturated heterocycles. The van der Waals surface area contributed by atoms with E-state index in [-0.39, 0.29) is 5.54 Å². The van der Waals surface area contributed by atoms with Gasteiger partial charge in [-0.2, -0.15) is 0 Å². The van der Waals surface area contributed by atoms with E-state index < -0.39 is 0 Å². The van der Waals surface area contributed by atoms with E-state index in [1.54, 1.807) is 0 Å². The van der Waals surface area contributed by atoms with Gasteiger partial charge in [0.2, 0.25) is 0 Å². The quantitative estimate of drug-likeness (QED) is 0.640. The van der Waals surface area contributed by atoms with Crippen LogP contribution in [0.15, 0.2) is 0 Å². The summed E-state index contributed by atoms with van der Waals surface area (Å²) in [7, 11) is 0. The molecule has 13 heavy (non-hydrogen) atoms. The molecule has 1 fully saturated rings. The first-order valence-corrected chi connectivity index (χ1v) is 5.62. The van der Waals surface area contributed by atoms with Crippen LogP contribution in [-0.4, -0.2) is 18.6 Å². The highest BCUT2D eigenvalue weighted by Crippen LogP contribution is 2.29. The van der Waals surface area contributed by atoms with Crippen molar-refractivity contribution in [3.63, 3.8) is 0 Å². The van der Waals surface area contributed by atoms with Gasteiger partial charge in [-0.3, -0.25) is 0 Å². The topological polar surface area (TPSA) is 38.0 Å². The van der Waals surface area contributed by atoms with E-state index in [0.717, 1.165) is 25.4 Å². The number of hydrogen-bond donors (Lipinski definition) is 2. The lowest BCUT2D eigenvalue weighted by molar-refractivity contribution is 0.387. The third-order valence-electron chi connectivity index (χ3n) is 2.95. The van der Waals surface area contributed by atoms with Crippen LogP contribution in [0.25, 0.3) is 0 Å². The van der Waals surface area contributed by atoms with Crippen molar-refractivity contribution in [3.8, 4) is 0 Å². The fourth-order valence-electron chi connectivity index (χ4n) is 2.06. The SMILES string of the molecule is CC(C)CNCCC1(N)CCCC1. The van der Waals surface area contributed by atoms with Gasteiger partial charge in [-0.15, -0.1) is 0 Å². The van der Waals surface area contributed by atoms with Crippen molar-refractivity contribution >= 4 is 0 Å². The predicted octanol–water partition coefficient (Wildman–Crippen LogP) is 1.89. The Kier molecular flexibility index (Phi) is 4.20. The van der Waals surface area contributed by atoms with Gasteiger partial charge in [0.05, 0.1) is 0 Å². The molecular weight excluding hydrogens is 160 g/mol. The molecule has 0 amide bonds. The third-order valence-corrected chi connectivity index (χ3v) is 2.95. The van der Waals surface area contributed by atoms with Gasteiger partial charge in [-0.05, 0) is 38.3 Å². The Morgan fingerprint density at radius 1 is 1.31 bits per heavy atom. The molecule has 1 aliphatic rings. The van der Waals surface area contributed by atoms with Crippen molar-refractivity contribution in [1.29, 1.82) is 0 Å². The monoisotopic (exact) mass is 184 g/mol. The molecule has 0 atom stereocenters. The molecule has 78 valence electrons. The standard InChI is InChI=1S/C11H24N2/c1-10(2)9-13-8-7-11(12)5-3-4-6-11/h10,13H,3-9,12H2,1-2H3. The van der Waals surface area contributed by atoms with Gasteiger partial charge in [-0.25, -0.2) is 0 Å². The average Bonchev–Trinajstić information content (AvgIpc) is 2.47. The summed E-state index contributed by atoms with van der Waals surface area (Å²) in [5.41, 5.74) is 6.41. The Morgan fingerprint density at radius 3 is 2.46 bits per heavy atom. The van der Waals surface area contributed by atoms with Crippen molar-refractivity contribution in [3.05, 3.63) is 0 Å².